The summed E-state index contributed by atoms with van der Waals surface area (Å²) >= 11 is 3.50. The number of hydrogen-bond donors (Lipinski definition) is 1. The Morgan fingerprint density at radius 2 is 1.96 bits per heavy atom. The van der Waals surface area contributed by atoms with Crippen LogP contribution in [0.5, 0.6) is 0 Å². The lowest BCUT2D eigenvalue weighted by Crippen LogP contribution is -2.34. The van der Waals surface area contributed by atoms with E-state index in [2.05, 4.69) is 70.3 Å². The van der Waals surface area contributed by atoms with E-state index in [1.807, 2.05) is 12.1 Å². The van der Waals surface area contributed by atoms with Crippen molar-refractivity contribution in [2.24, 2.45) is 0 Å². The molecule has 0 bridgehead atoms. The average Bonchev–Trinajstić information content (AvgIpc) is 3.14. The van der Waals surface area contributed by atoms with E-state index in [1.54, 1.807) is 0 Å². The summed E-state index contributed by atoms with van der Waals surface area (Å²) in [4.78, 5) is 12.3. The molecule has 1 saturated heterocycles. The molecule has 1 aromatic heterocycles. The van der Waals surface area contributed by atoms with E-state index in [0.29, 0.717) is 6.04 Å². The highest BCUT2D eigenvalue weighted by atomic mass is 79.9. The van der Waals surface area contributed by atoms with E-state index in [-0.39, 0.29) is 0 Å². The number of rotatable bonds is 5. The van der Waals surface area contributed by atoms with Crippen molar-refractivity contribution in [1.82, 2.24) is 14.9 Å². The molecule has 140 valence electrons. The first-order valence-corrected chi connectivity index (χ1v) is 10.5. The number of aryl methyl sites for hydroxylation is 1. The molecule has 0 spiro atoms. The second-order valence-corrected chi connectivity index (χ2v) is 8.14. The summed E-state index contributed by atoms with van der Waals surface area (Å²) in [6, 6.07) is 15.1. The molecular weight excluding hydrogens is 400 g/mol. The number of likely N-dealkylation sites (N-methyl/N-ethyl adjacent to an activating group) is 1. The number of anilines is 1. The third kappa shape index (κ3) is 3.99. The van der Waals surface area contributed by atoms with E-state index >= 15 is 0 Å². The lowest BCUT2D eigenvalue weighted by atomic mass is 10.1. The Kier molecular flexibility index (Phi) is 5.41. The molecule has 0 saturated carbocycles. The van der Waals surface area contributed by atoms with E-state index in [0.717, 1.165) is 45.7 Å². The Balaban J connectivity index is 1.70. The minimum Gasteiger partial charge on any atom is -0.368 e. The van der Waals surface area contributed by atoms with Crippen LogP contribution in [0.15, 0.2) is 46.9 Å². The maximum Gasteiger partial charge on any atom is 0.162 e. The number of halogens is 1. The molecule has 27 heavy (non-hydrogen) atoms. The fourth-order valence-corrected chi connectivity index (χ4v) is 4.13. The van der Waals surface area contributed by atoms with Gasteiger partial charge in [-0.15, -0.1) is 0 Å². The van der Waals surface area contributed by atoms with Gasteiger partial charge in [-0.1, -0.05) is 46.6 Å². The fourth-order valence-electron chi connectivity index (χ4n) is 3.86. The molecule has 2 aromatic carbocycles. The number of fused-ring (bicyclic) bond motifs is 1. The number of hydrogen-bond acceptors (Lipinski definition) is 4. The Bertz CT molecular complexity index is 939. The summed E-state index contributed by atoms with van der Waals surface area (Å²) in [5, 5.41) is 4.73. The number of benzene rings is 2. The first-order valence-electron chi connectivity index (χ1n) is 9.66. The summed E-state index contributed by atoms with van der Waals surface area (Å²) in [5.41, 5.74) is 3.23. The smallest absolute Gasteiger partial charge is 0.162 e. The summed E-state index contributed by atoms with van der Waals surface area (Å²) < 4.78 is 1.06. The normalized spacial score (nSPS) is 17.5. The maximum absolute atomic E-state index is 4.90. The molecule has 1 aliphatic heterocycles. The van der Waals surface area contributed by atoms with Crippen LogP contribution in [0.4, 0.5) is 5.82 Å². The Labute approximate surface area is 169 Å². The van der Waals surface area contributed by atoms with Crippen LogP contribution in [0.2, 0.25) is 0 Å². The topological polar surface area (TPSA) is 41.0 Å². The van der Waals surface area contributed by atoms with E-state index in [1.165, 1.54) is 24.9 Å². The fraction of sp³-hybridized carbons (Fsp3) is 0.364. The summed E-state index contributed by atoms with van der Waals surface area (Å²) in [6.45, 7) is 7.60. The van der Waals surface area contributed by atoms with Crippen molar-refractivity contribution in [3.05, 3.63) is 52.5 Å². The lowest BCUT2D eigenvalue weighted by Gasteiger charge is -2.23. The van der Waals surface area contributed by atoms with Gasteiger partial charge in [-0.05, 0) is 57.1 Å². The predicted molar refractivity (Wildman–Crippen MR) is 116 cm³/mol. The number of nitrogens with zero attached hydrogens (tertiary/aromatic N) is 3. The summed E-state index contributed by atoms with van der Waals surface area (Å²) in [7, 11) is 0. The molecule has 0 amide bonds. The first-order chi connectivity index (χ1) is 13.1. The highest BCUT2D eigenvalue weighted by molar-refractivity contribution is 9.10. The monoisotopic (exact) mass is 424 g/mol. The largest absolute Gasteiger partial charge is 0.368 e. The van der Waals surface area contributed by atoms with Gasteiger partial charge in [0.05, 0.1) is 5.52 Å². The zero-order valence-corrected chi connectivity index (χ0v) is 17.5. The Morgan fingerprint density at radius 1 is 1.15 bits per heavy atom. The van der Waals surface area contributed by atoms with Gasteiger partial charge < -0.3 is 5.32 Å². The van der Waals surface area contributed by atoms with Crippen LogP contribution < -0.4 is 5.32 Å². The maximum atomic E-state index is 4.90. The van der Waals surface area contributed by atoms with Crippen molar-refractivity contribution < 1.29 is 0 Å². The second-order valence-electron chi connectivity index (χ2n) is 7.23. The highest BCUT2D eigenvalue weighted by Gasteiger charge is 2.23. The molecule has 2 heterocycles. The number of likely N-dealkylation sites (tertiary alicyclic amines) is 1. The van der Waals surface area contributed by atoms with Crippen LogP contribution in [0.1, 0.15) is 25.3 Å². The molecule has 4 rings (SSSR count). The van der Waals surface area contributed by atoms with Crippen LogP contribution in [-0.4, -0.2) is 40.5 Å². The molecule has 5 heteroatoms. The van der Waals surface area contributed by atoms with Gasteiger partial charge in [-0.2, -0.15) is 0 Å². The summed E-state index contributed by atoms with van der Waals surface area (Å²) in [5.74, 6) is 1.70. The molecule has 1 atom stereocenters. The van der Waals surface area contributed by atoms with Gasteiger partial charge in [0.1, 0.15) is 5.82 Å². The van der Waals surface area contributed by atoms with Crippen molar-refractivity contribution in [2.75, 3.05) is 25.0 Å². The molecule has 0 radical (unpaired) electrons. The van der Waals surface area contributed by atoms with E-state index < -0.39 is 0 Å². The number of nitrogens with one attached hydrogen (secondary N) is 1. The first kappa shape index (κ1) is 18.4. The average molecular weight is 425 g/mol. The standard InChI is InChI=1S/C22H25BrN4/c1-3-27-12-4-5-18(27)14-24-22-19-13-15(2)6-11-20(19)25-21(26-22)16-7-9-17(23)10-8-16/h6-11,13,18H,3-5,12,14H2,1-2H3,(H,24,25,26). The van der Waals surface area contributed by atoms with Gasteiger partial charge >= 0.3 is 0 Å². The minimum absolute atomic E-state index is 0.584. The van der Waals surface area contributed by atoms with E-state index in [4.69, 9.17) is 9.97 Å². The third-order valence-corrected chi connectivity index (χ3v) is 5.89. The highest BCUT2D eigenvalue weighted by Crippen LogP contribution is 2.27. The van der Waals surface area contributed by atoms with Crippen molar-refractivity contribution in [3.8, 4) is 11.4 Å². The van der Waals surface area contributed by atoms with Crippen LogP contribution >= 0.6 is 15.9 Å². The molecule has 1 N–H and O–H groups in total. The Hall–Kier alpha value is -1.98. The molecule has 3 aromatic rings. The van der Waals surface area contributed by atoms with E-state index in [9.17, 15) is 0 Å². The SMILES string of the molecule is CCN1CCCC1CNc1nc(-c2ccc(Br)cc2)nc2ccc(C)cc12. The molecule has 1 fully saturated rings. The van der Waals surface area contributed by atoms with Gasteiger partial charge in [0.15, 0.2) is 5.82 Å². The van der Waals surface area contributed by atoms with Crippen LogP contribution in [0.25, 0.3) is 22.3 Å². The van der Waals surface area contributed by atoms with Crippen LogP contribution in [-0.2, 0) is 0 Å². The van der Waals surface area contributed by atoms with Crippen molar-refractivity contribution in [3.63, 3.8) is 0 Å². The summed E-state index contributed by atoms with van der Waals surface area (Å²) in [6.07, 6.45) is 2.54. The van der Waals surface area contributed by atoms with Crippen molar-refractivity contribution in [1.29, 1.82) is 0 Å². The molecule has 1 unspecified atom stereocenters. The van der Waals surface area contributed by atoms with Gasteiger partial charge in [0.25, 0.3) is 0 Å². The lowest BCUT2D eigenvalue weighted by molar-refractivity contribution is 0.277. The molecule has 4 nitrogen and oxygen atoms in total. The quantitative estimate of drug-likeness (QED) is 0.605. The zero-order chi connectivity index (χ0) is 18.8. The molecular formula is C22H25BrN4. The zero-order valence-electron chi connectivity index (χ0n) is 15.9. The predicted octanol–water partition coefficient (Wildman–Crippen LogP) is 5.26. The van der Waals surface area contributed by atoms with Crippen molar-refractivity contribution >= 4 is 32.7 Å². The van der Waals surface area contributed by atoms with Crippen molar-refractivity contribution in [2.45, 2.75) is 32.7 Å². The van der Waals surface area contributed by atoms with Gasteiger partial charge in [0, 0.05) is 28.0 Å². The Morgan fingerprint density at radius 3 is 2.74 bits per heavy atom. The minimum atomic E-state index is 0.584. The van der Waals surface area contributed by atoms with Crippen LogP contribution in [0, 0.1) is 6.92 Å². The third-order valence-electron chi connectivity index (χ3n) is 5.36. The second kappa shape index (κ2) is 7.95. The van der Waals surface area contributed by atoms with Gasteiger partial charge in [0.2, 0.25) is 0 Å². The number of aromatic nitrogens is 2. The van der Waals surface area contributed by atoms with Gasteiger partial charge in [-0.25, -0.2) is 9.97 Å². The molecule has 1 aliphatic rings. The van der Waals surface area contributed by atoms with Crippen LogP contribution in [0.3, 0.4) is 0 Å². The van der Waals surface area contributed by atoms with Gasteiger partial charge in [-0.3, -0.25) is 4.90 Å². The molecule has 0 aliphatic carbocycles.